The van der Waals surface area contributed by atoms with E-state index in [1.165, 1.54) is 0 Å². The molecule has 6 nitrogen and oxygen atoms in total. The lowest BCUT2D eigenvalue weighted by atomic mass is 10.2. The van der Waals surface area contributed by atoms with Gasteiger partial charge in [0.1, 0.15) is 0 Å². The molecule has 0 aliphatic rings. The molecule has 0 atom stereocenters. The summed E-state index contributed by atoms with van der Waals surface area (Å²) < 4.78 is 16.5. The van der Waals surface area contributed by atoms with Crippen LogP contribution in [0.4, 0.5) is 0 Å². The van der Waals surface area contributed by atoms with Crippen LogP contribution in [-0.2, 0) is 13.2 Å². The molecule has 2 rings (SSSR count). The number of rotatable bonds is 7. The largest absolute Gasteiger partial charge is 0.490 e. The summed E-state index contributed by atoms with van der Waals surface area (Å²) in [5.74, 6) is 2.63. The first-order valence-corrected chi connectivity index (χ1v) is 7.05. The number of benzene rings is 1. The average molecular weight is 291 g/mol. The van der Waals surface area contributed by atoms with Gasteiger partial charge in [-0.25, -0.2) is 0 Å². The maximum absolute atomic E-state index is 5.79. The molecule has 1 aromatic carbocycles. The Morgan fingerprint density at radius 1 is 1.29 bits per heavy atom. The topological polar surface area (TPSA) is 83.4 Å². The Labute approximate surface area is 124 Å². The third-order valence-corrected chi connectivity index (χ3v) is 2.92. The second kappa shape index (κ2) is 7.08. The zero-order valence-corrected chi connectivity index (χ0v) is 12.6. The van der Waals surface area contributed by atoms with Crippen LogP contribution in [0.2, 0.25) is 0 Å². The van der Waals surface area contributed by atoms with Crippen molar-refractivity contribution < 1.29 is 14.0 Å². The van der Waals surface area contributed by atoms with Crippen molar-refractivity contribution in [2.45, 2.75) is 39.8 Å². The summed E-state index contributed by atoms with van der Waals surface area (Å²) in [5, 5.41) is 3.91. The minimum absolute atomic E-state index is 0.191. The molecular formula is C15H21N3O3. The van der Waals surface area contributed by atoms with Crippen LogP contribution in [-0.4, -0.2) is 16.7 Å². The number of aromatic nitrogens is 2. The van der Waals surface area contributed by atoms with Crippen molar-refractivity contribution in [3.05, 3.63) is 35.5 Å². The quantitative estimate of drug-likeness (QED) is 0.844. The number of hydrogen-bond donors (Lipinski definition) is 1. The summed E-state index contributed by atoms with van der Waals surface area (Å²) in [6.45, 7) is 7.06. The second-order valence-corrected chi connectivity index (χ2v) is 4.87. The fourth-order valence-electron chi connectivity index (χ4n) is 1.85. The van der Waals surface area contributed by atoms with Crippen molar-refractivity contribution >= 4 is 0 Å². The van der Waals surface area contributed by atoms with Gasteiger partial charge in [0.05, 0.1) is 6.61 Å². The van der Waals surface area contributed by atoms with Crippen molar-refractivity contribution in [2.75, 3.05) is 6.61 Å². The van der Waals surface area contributed by atoms with Gasteiger partial charge in [-0.05, 0) is 13.0 Å². The summed E-state index contributed by atoms with van der Waals surface area (Å²) >= 11 is 0. The molecule has 0 radical (unpaired) electrons. The fraction of sp³-hybridized carbons (Fsp3) is 0.467. The van der Waals surface area contributed by atoms with E-state index in [0.29, 0.717) is 36.4 Å². The highest BCUT2D eigenvalue weighted by molar-refractivity contribution is 5.46. The molecule has 6 heteroatoms. The van der Waals surface area contributed by atoms with Crippen LogP contribution in [0, 0.1) is 0 Å². The van der Waals surface area contributed by atoms with E-state index in [1.54, 1.807) is 0 Å². The summed E-state index contributed by atoms with van der Waals surface area (Å²) in [6.07, 6.45) is 0. The SMILES string of the molecule is CCOc1cccc(CN)c1OCc1nc(C(C)C)no1. The number of hydrogen-bond acceptors (Lipinski definition) is 6. The minimum Gasteiger partial charge on any atom is -0.490 e. The number of nitrogens with zero attached hydrogens (tertiary/aromatic N) is 2. The summed E-state index contributed by atoms with van der Waals surface area (Å²) in [5.41, 5.74) is 6.62. The first-order chi connectivity index (χ1) is 10.2. The highest BCUT2D eigenvalue weighted by atomic mass is 16.5. The van der Waals surface area contributed by atoms with E-state index in [4.69, 9.17) is 19.7 Å². The molecule has 0 saturated heterocycles. The molecule has 0 aliphatic carbocycles. The minimum atomic E-state index is 0.191. The monoisotopic (exact) mass is 291 g/mol. The Kier molecular flexibility index (Phi) is 5.16. The van der Waals surface area contributed by atoms with E-state index in [-0.39, 0.29) is 12.5 Å². The fourth-order valence-corrected chi connectivity index (χ4v) is 1.85. The highest BCUT2D eigenvalue weighted by Gasteiger charge is 2.14. The Morgan fingerprint density at radius 3 is 2.71 bits per heavy atom. The van der Waals surface area contributed by atoms with Gasteiger partial charge in [-0.1, -0.05) is 31.1 Å². The Balaban J connectivity index is 2.14. The zero-order valence-electron chi connectivity index (χ0n) is 12.6. The lowest BCUT2D eigenvalue weighted by Crippen LogP contribution is -2.05. The number of nitrogens with two attached hydrogens (primary N) is 1. The lowest BCUT2D eigenvalue weighted by Gasteiger charge is -2.13. The first-order valence-electron chi connectivity index (χ1n) is 7.05. The van der Waals surface area contributed by atoms with Crippen molar-refractivity contribution in [3.63, 3.8) is 0 Å². The molecule has 1 aromatic heterocycles. The molecule has 0 unspecified atom stereocenters. The van der Waals surface area contributed by atoms with Gasteiger partial charge >= 0.3 is 0 Å². The molecule has 2 aromatic rings. The van der Waals surface area contributed by atoms with Crippen LogP contribution in [0.1, 0.15) is 44.0 Å². The third-order valence-electron chi connectivity index (χ3n) is 2.92. The van der Waals surface area contributed by atoms with Gasteiger partial charge in [0.2, 0.25) is 0 Å². The second-order valence-electron chi connectivity index (χ2n) is 4.87. The van der Waals surface area contributed by atoms with Gasteiger partial charge in [-0.3, -0.25) is 0 Å². The molecule has 2 N–H and O–H groups in total. The molecule has 0 saturated carbocycles. The van der Waals surface area contributed by atoms with Crippen LogP contribution in [0.15, 0.2) is 22.7 Å². The van der Waals surface area contributed by atoms with Crippen LogP contribution in [0.5, 0.6) is 11.5 Å². The van der Waals surface area contributed by atoms with Crippen LogP contribution in [0.3, 0.4) is 0 Å². The van der Waals surface area contributed by atoms with Crippen molar-refractivity contribution in [1.29, 1.82) is 0 Å². The molecule has 0 spiro atoms. The van der Waals surface area contributed by atoms with Gasteiger partial charge in [-0.2, -0.15) is 4.98 Å². The Morgan fingerprint density at radius 2 is 2.10 bits per heavy atom. The van der Waals surface area contributed by atoms with Crippen LogP contribution < -0.4 is 15.2 Å². The summed E-state index contributed by atoms with van der Waals surface area (Å²) in [7, 11) is 0. The normalized spacial score (nSPS) is 10.9. The number of para-hydroxylation sites is 1. The molecule has 1 heterocycles. The smallest absolute Gasteiger partial charge is 0.264 e. The molecule has 0 fully saturated rings. The van der Waals surface area contributed by atoms with Gasteiger partial charge < -0.3 is 19.7 Å². The van der Waals surface area contributed by atoms with E-state index in [9.17, 15) is 0 Å². The molecule has 21 heavy (non-hydrogen) atoms. The van der Waals surface area contributed by atoms with Crippen LogP contribution >= 0.6 is 0 Å². The Bertz CT molecular complexity index is 581. The van der Waals surface area contributed by atoms with Crippen molar-refractivity contribution in [1.82, 2.24) is 10.1 Å². The molecule has 0 aliphatic heterocycles. The molecular weight excluding hydrogens is 270 g/mol. The van der Waals surface area contributed by atoms with E-state index >= 15 is 0 Å². The van der Waals surface area contributed by atoms with Gasteiger partial charge in [0, 0.05) is 18.0 Å². The summed E-state index contributed by atoms with van der Waals surface area (Å²) in [4.78, 5) is 4.28. The molecule has 0 bridgehead atoms. The van der Waals surface area contributed by atoms with Gasteiger partial charge in [-0.15, -0.1) is 0 Å². The summed E-state index contributed by atoms with van der Waals surface area (Å²) in [6, 6.07) is 5.65. The average Bonchev–Trinajstić information content (AvgIpc) is 2.95. The Hall–Kier alpha value is -2.08. The highest BCUT2D eigenvalue weighted by Crippen LogP contribution is 2.31. The van der Waals surface area contributed by atoms with Crippen molar-refractivity contribution in [3.8, 4) is 11.5 Å². The van der Waals surface area contributed by atoms with E-state index < -0.39 is 0 Å². The van der Waals surface area contributed by atoms with Gasteiger partial charge in [0.25, 0.3) is 5.89 Å². The maximum Gasteiger partial charge on any atom is 0.264 e. The van der Waals surface area contributed by atoms with Crippen molar-refractivity contribution in [2.24, 2.45) is 5.73 Å². The van der Waals surface area contributed by atoms with E-state index in [0.717, 1.165) is 5.56 Å². The van der Waals surface area contributed by atoms with Crippen LogP contribution in [0.25, 0.3) is 0 Å². The maximum atomic E-state index is 5.79. The predicted molar refractivity (Wildman–Crippen MR) is 78.2 cm³/mol. The van der Waals surface area contributed by atoms with E-state index in [1.807, 2.05) is 39.0 Å². The van der Waals surface area contributed by atoms with Gasteiger partial charge in [0.15, 0.2) is 23.9 Å². The third kappa shape index (κ3) is 3.72. The van der Waals surface area contributed by atoms with E-state index in [2.05, 4.69) is 10.1 Å². The zero-order chi connectivity index (χ0) is 15.2. The molecule has 0 amide bonds. The lowest BCUT2D eigenvalue weighted by molar-refractivity contribution is 0.226. The predicted octanol–water partition coefficient (Wildman–Crippen LogP) is 2.63. The first kappa shape index (κ1) is 15.3. The number of ether oxygens (including phenoxy) is 2. The standard InChI is InChI=1S/C15H21N3O3/c1-4-19-12-7-5-6-11(8-16)14(12)20-9-13-17-15(10(2)3)18-21-13/h5-7,10H,4,8-9,16H2,1-3H3. The molecule has 114 valence electrons.